The second-order valence-corrected chi connectivity index (χ2v) is 4.93. The highest BCUT2D eigenvalue weighted by molar-refractivity contribution is 9.18. The Morgan fingerprint density at radius 1 is 1.47 bits per heavy atom. The van der Waals surface area contributed by atoms with Crippen molar-refractivity contribution in [1.29, 1.82) is 0 Å². The number of aliphatic imine (C=N–C) groups is 1. The summed E-state index contributed by atoms with van der Waals surface area (Å²) in [6.45, 7) is 8.18. The van der Waals surface area contributed by atoms with Crippen LogP contribution in [0.5, 0.6) is 0 Å². The second-order valence-electron chi connectivity index (χ2n) is 3.81. The van der Waals surface area contributed by atoms with Crippen molar-refractivity contribution in [1.82, 2.24) is 5.01 Å². The Bertz CT molecular complexity index is 418. The van der Waals surface area contributed by atoms with Crippen LogP contribution in [0.2, 0.25) is 5.02 Å². The van der Waals surface area contributed by atoms with Gasteiger partial charge in [-0.25, -0.2) is 4.99 Å². The smallest absolute Gasteiger partial charge is 0.214 e. The minimum Gasteiger partial charge on any atom is -0.287 e. The average Bonchev–Trinajstić information content (AvgIpc) is 2.30. The van der Waals surface area contributed by atoms with Gasteiger partial charge in [0.2, 0.25) is 4.74 Å². The number of amidine groups is 1. The number of nitrogens with zero attached hydrogens (tertiary/aromatic N) is 3. The van der Waals surface area contributed by atoms with E-state index in [9.17, 15) is 0 Å². The highest BCUT2D eigenvalue weighted by atomic mass is 79.9. The minimum atomic E-state index is 0.251. The summed E-state index contributed by atoms with van der Waals surface area (Å²) in [6.07, 6.45) is 0. The van der Waals surface area contributed by atoms with Crippen LogP contribution < -0.4 is 0 Å². The van der Waals surface area contributed by atoms with Gasteiger partial charge in [-0.2, -0.15) is 0 Å². The number of benzene rings is 1. The lowest BCUT2D eigenvalue weighted by Gasteiger charge is -2.23. The monoisotopic (exact) mass is 315 g/mol. The molecule has 0 unspecified atom stereocenters. The van der Waals surface area contributed by atoms with E-state index in [0.29, 0.717) is 11.3 Å². The molecule has 5 heteroatoms. The first-order valence-electron chi connectivity index (χ1n) is 5.25. The molecule has 0 aromatic heterocycles. The van der Waals surface area contributed by atoms with Crippen LogP contribution in [0.3, 0.4) is 0 Å². The zero-order chi connectivity index (χ0) is 12.8. The molecule has 1 aromatic carbocycles. The average molecular weight is 317 g/mol. The van der Waals surface area contributed by atoms with Crippen LogP contribution in [0.15, 0.2) is 34.4 Å². The maximum Gasteiger partial charge on any atom is 0.214 e. The molecule has 0 amide bonds. The van der Waals surface area contributed by atoms with Crippen LogP contribution in [-0.4, -0.2) is 22.5 Å². The Balaban J connectivity index is 2.88. The first kappa shape index (κ1) is 14.2. The fraction of sp³-hybridized carbons (Fsp3) is 0.333. The lowest BCUT2D eigenvalue weighted by atomic mass is 10.2. The summed E-state index contributed by atoms with van der Waals surface area (Å²) in [7, 11) is 0. The van der Waals surface area contributed by atoms with Gasteiger partial charge in [0.25, 0.3) is 0 Å². The third kappa shape index (κ3) is 4.48. The molecule has 1 rings (SSSR count). The Kier molecular flexibility index (Phi) is 5.65. The molecule has 0 aliphatic heterocycles. The van der Waals surface area contributed by atoms with Crippen molar-refractivity contribution in [2.75, 3.05) is 0 Å². The van der Waals surface area contributed by atoms with Gasteiger partial charge in [-0.15, -0.1) is 5.10 Å². The summed E-state index contributed by atoms with van der Waals surface area (Å²) in [4.78, 5) is 3.72. The van der Waals surface area contributed by atoms with Crippen LogP contribution in [-0.2, 0) is 6.54 Å². The van der Waals surface area contributed by atoms with Gasteiger partial charge in [-0.1, -0.05) is 29.8 Å². The molecule has 0 spiro atoms. The highest BCUT2D eigenvalue weighted by Crippen LogP contribution is 2.18. The standard InChI is InChI=1S/C12H15BrClN3/c1-9(2)17(16-12(13)15-3)8-10-6-4-5-7-11(10)14/h4-7,9H,3,8H2,1-2H3/b16-12-. The maximum absolute atomic E-state index is 6.12. The molecule has 1 aromatic rings. The molecule has 0 fully saturated rings. The molecule has 0 radical (unpaired) electrons. The summed E-state index contributed by atoms with van der Waals surface area (Å²) in [5, 5.41) is 6.96. The molecule has 0 saturated carbocycles. The van der Waals surface area contributed by atoms with E-state index < -0.39 is 0 Å². The van der Waals surface area contributed by atoms with Crippen molar-refractivity contribution in [3.8, 4) is 0 Å². The van der Waals surface area contributed by atoms with E-state index in [0.717, 1.165) is 10.6 Å². The van der Waals surface area contributed by atoms with Gasteiger partial charge in [-0.05, 0) is 48.1 Å². The molecular formula is C12H15BrClN3. The minimum absolute atomic E-state index is 0.251. The first-order valence-corrected chi connectivity index (χ1v) is 6.42. The summed E-state index contributed by atoms with van der Waals surface area (Å²) < 4.78 is 0.471. The summed E-state index contributed by atoms with van der Waals surface area (Å²) in [5.41, 5.74) is 1.04. The fourth-order valence-electron chi connectivity index (χ4n) is 1.27. The molecule has 0 atom stereocenters. The molecule has 0 saturated heterocycles. The van der Waals surface area contributed by atoms with E-state index in [1.54, 1.807) is 0 Å². The topological polar surface area (TPSA) is 28.0 Å². The van der Waals surface area contributed by atoms with E-state index in [1.807, 2.05) is 29.3 Å². The van der Waals surface area contributed by atoms with E-state index >= 15 is 0 Å². The fourth-order valence-corrected chi connectivity index (χ4v) is 1.67. The number of hydrogen-bond donors (Lipinski definition) is 0. The Labute approximate surface area is 115 Å². The summed E-state index contributed by atoms with van der Waals surface area (Å²) >= 11 is 9.34. The van der Waals surface area contributed by atoms with Crippen LogP contribution in [0.25, 0.3) is 0 Å². The van der Waals surface area contributed by atoms with E-state index in [2.05, 4.69) is 46.6 Å². The van der Waals surface area contributed by atoms with Crippen molar-refractivity contribution in [2.45, 2.75) is 26.4 Å². The molecule has 17 heavy (non-hydrogen) atoms. The van der Waals surface area contributed by atoms with Crippen molar-refractivity contribution >= 4 is 39.0 Å². The molecule has 92 valence electrons. The predicted molar refractivity (Wildman–Crippen MR) is 78.0 cm³/mol. The lowest BCUT2D eigenvalue weighted by Crippen LogP contribution is -2.25. The van der Waals surface area contributed by atoms with Crippen LogP contribution in [0.4, 0.5) is 0 Å². The third-order valence-electron chi connectivity index (χ3n) is 2.23. The first-order chi connectivity index (χ1) is 8.04. The molecule has 0 aliphatic rings. The van der Waals surface area contributed by atoms with E-state index in [-0.39, 0.29) is 6.04 Å². The quantitative estimate of drug-likeness (QED) is 0.358. The molecule has 0 heterocycles. The predicted octanol–water partition coefficient (Wildman–Crippen LogP) is 3.92. The van der Waals surface area contributed by atoms with Crippen LogP contribution in [0.1, 0.15) is 19.4 Å². The molecule has 3 nitrogen and oxygen atoms in total. The van der Waals surface area contributed by atoms with Crippen LogP contribution in [0, 0.1) is 0 Å². The molecule has 0 N–H and O–H groups in total. The van der Waals surface area contributed by atoms with Gasteiger partial charge in [0.05, 0.1) is 6.54 Å². The van der Waals surface area contributed by atoms with Gasteiger partial charge in [-0.3, -0.25) is 5.01 Å². The lowest BCUT2D eigenvalue weighted by molar-refractivity contribution is 0.224. The van der Waals surface area contributed by atoms with Crippen molar-refractivity contribution < 1.29 is 0 Å². The Morgan fingerprint density at radius 2 is 2.12 bits per heavy atom. The molecule has 0 bridgehead atoms. The van der Waals surface area contributed by atoms with Gasteiger partial charge in [0.1, 0.15) is 0 Å². The van der Waals surface area contributed by atoms with Gasteiger partial charge in [0.15, 0.2) is 0 Å². The van der Waals surface area contributed by atoms with Crippen LogP contribution >= 0.6 is 27.5 Å². The number of halogens is 2. The summed E-state index contributed by atoms with van der Waals surface area (Å²) in [5.74, 6) is 0. The van der Waals surface area contributed by atoms with Crippen molar-refractivity contribution in [2.24, 2.45) is 10.1 Å². The number of hydrogen-bond acceptors (Lipinski definition) is 2. The second kappa shape index (κ2) is 6.77. The maximum atomic E-state index is 6.12. The van der Waals surface area contributed by atoms with Gasteiger partial charge in [0, 0.05) is 11.1 Å². The Morgan fingerprint density at radius 3 is 2.65 bits per heavy atom. The van der Waals surface area contributed by atoms with E-state index in [4.69, 9.17) is 11.6 Å². The largest absolute Gasteiger partial charge is 0.287 e. The van der Waals surface area contributed by atoms with Gasteiger partial charge >= 0.3 is 0 Å². The number of rotatable bonds is 4. The van der Waals surface area contributed by atoms with Crippen molar-refractivity contribution in [3.63, 3.8) is 0 Å². The van der Waals surface area contributed by atoms with Gasteiger partial charge < -0.3 is 0 Å². The molecule has 0 aliphatic carbocycles. The number of hydrazone groups is 1. The zero-order valence-corrected chi connectivity index (χ0v) is 12.2. The molecular weight excluding hydrogens is 302 g/mol. The highest BCUT2D eigenvalue weighted by Gasteiger charge is 2.10. The van der Waals surface area contributed by atoms with E-state index in [1.165, 1.54) is 0 Å². The summed E-state index contributed by atoms with van der Waals surface area (Å²) in [6, 6.07) is 7.99. The normalized spacial score (nSPS) is 11.7. The van der Waals surface area contributed by atoms with Crippen molar-refractivity contribution in [3.05, 3.63) is 34.9 Å². The Hall–Kier alpha value is -0.870. The zero-order valence-electron chi connectivity index (χ0n) is 9.90. The SMILES string of the molecule is C=N/C(Br)=N\N(Cc1ccccc1Cl)C(C)C. The third-order valence-corrected chi connectivity index (χ3v) is 3.01.